The van der Waals surface area contributed by atoms with Crippen LogP contribution in [0.1, 0.15) is 31.7 Å². The quantitative estimate of drug-likeness (QED) is 0.860. The molecule has 1 aliphatic carbocycles. The fraction of sp³-hybridized carbons (Fsp3) is 0.312. The van der Waals surface area contributed by atoms with E-state index >= 15 is 0 Å². The van der Waals surface area contributed by atoms with Crippen LogP contribution in [0.3, 0.4) is 0 Å². The molecular weight excluding hydrogens is 222 g/mol. The van der Waals surface area contributed by atoms with Gasteiger partial charge in [-0.25, -0.2) is 0 Å². The summed E-state index contributed by atoms with van der Waals surface area (Å²) in [6.45, 7) is 2.56. The van der Waals surface area contributed by atoms with Crippen molar-refractivity contribution >= 4 is 11.5 Å². The molecule has 1 aliphatic rings. The second-order valence-electron chi connectivity index (χ2n) is 4.51. The summed E-state index contributed by atoms with van der Waals surface area (Å²) in [6, 6.07) is 10.5. The maximum absolute atomic E-state index is 11.2. The lowest BCUT2D eigenvalue weighted by molar-refractivity contribution is -0.120. The highest BCUT2D eigenvalue weighted by Crippen LogP contribution is 2.26. The second kappa shape index (κ2) is 6.20. The van der Waals surface area contributed by atoms with Crippen molar-refractivity contribution in [1.29, 1.82) is 0 Å². The van der Waals surface area contributed by atoms with Crippen molar-refractivity contribution < 1.29 is 4.79 Å². The van der Waals surface area contributed by atoms with Gasteiger partial charge >= 0.3 is 0 Å². The van der Waals surface area contributed by atoms with Gasteiger partial charge in [0, 0.05) is 13.0 Å². The summed E-state index contributed by atoms with van der Waals surface area (Å²) in [5, 5.41) is 2.92. The van der Waals surface area contributed by atoms with E-state index in [1.54, 1.807) is 0 Å². The molecule has 0 saturated carbocycles. The van der Waals surface area contributed by atoms with Crippen LogP contribution in [0.5, 0.6) is 0 Å². The Kier molecular flexibility index (Phi) is 4.35. The van der Waals surface area contributed by atoms with Crippen molar-refractivity contribution in [3.05, 3.63) is 53.6 Å². The fourth-order valence-electron chi connectivity index (χ4n) is 2.06. The first-order chi connectivity index (χ1) is 8.79. The van der Waals surface area contributed by atoms with E-state index in [-0.39, 0.29) is 5.91 Å². The molecule has 0 radical (unpaired) electrons. The van der Waals surface area contributed by atoms with Gasteiger partial charge in [0.2, 0.25) is 5.91 Å². The normalized spacial score (nSPS) is 14.7. The van der Waals surface area contributed by atoms with Crippen LogP contribution in [0.25, 0.3) is 5.57 Å². The summed E-state index contributed by atoms with van der Waals surface area (Å²) >= 11 is 0. The first-order valence-corrected chi connectivity index (χ1v) is 6.50. The van der Waals surface area contributed by atoms with Crippen molar-refractivity contribution in [2.75, 3.05) is 6.54 Å². The summed E-state index contributed by atoms with van der Waals surface area (Å²) in [6.07, 6.45) is 6.95. The van der Waals surface area contributed by atoms with E-state index in [2.05, 4.69) is 41.7 Å². The zero-order valence-corrected chi connectivity index (χ0v) is 10.8. The molecule has 1 N–H and O–H groups in total. The molecule has 0 aromatic heterocycles. The van der Waals surface area contributed by atoms with Crippen LogP contribution in [0.15, 0.2) is 48.1 Å². The summed E-state index contributed by atoms with van der Waals surface area (Å²) in [4.78, 5) is 11.2. The molecule has 0 saturated heterocycles. The Morgan fingerprint density at radius 1 is 1.17 bits per heavy atom. The molecule has 94 valence electrons. The third-order valence-corrected chi connectivity index (χ3v) is 3.21. The monoisotopic (exact) mass is 241 g/mol. The molecule has 0 unspecified atom stereocenters. The number of carbonyl (C=O) groups is 1. The number of hydrogen-bond acceptors (Lipinski definition) is 1. The summed E-state index contributed by atoms with van der Waals surface area (Å²) in [7, 11) is 0. The molecule has 0 aliphatic heterocycles. The molecule has 0 fully saturated rings. The third kappa shape index (κ3) is 3.33. The van der Waals surface area contributed by atoms with Crippen molar-refractivity contribution in [3.63, 3.8) is 0 Å². The largest absolute Gasteiger partial charge is 0.352 e. The van der Waals surface area contributed by atoms with Crippen LogP contribution < -0.4 is 5.32 Å². The first-order valence-electron chi connectivity index (χ1n) is 6.50. The number of rotatable bonds is 4. The smallest absolute Gasteiger partial charge is 0.219 e. The van der Waals surface area contributed by atoms with Crippen molar-refractivity contribution in [3.8, 4) is 0 Å². The average molecular weight is 241 g/mol. The van der Waals surface area contributed by atoms with E-state index in [0.717, 1.165) is 12.8 Å². The zero-order valence-electron chi connectivity index (χ0n) is 10.8. The molecule has 2 nitrogen and oxygen atoms in total. The topological polar surface area (TPSA) is 29.1 Å². The van der Waals surface area contributed by atoms with E-state index in [1.807, 2.05) is 13.0 Å². The molecule has 1 aromatic carbocycles. The number of allylic oxidation sites excluding steroid dienone is 3. The minimum atomic E-state index is 0.119. The molecule has 1 aromatic rings. The Labute approximate surface area is 108 Å². The van der Waals surface area contributed by atoms with Crippen LogP contribution in [0, 0.1) is 0 Å². The number of hydrogen-bond donors (Lipinski definition) is 1. The van der Waals surface area contributed by atoms with E-state index in [0.29, 0.717) is 13.0 Å². The van der Waals surface area contributed by atoms with Crippen molar-refractivity contribution in [2.24, 2.45) is 0 Å². The molecule has 1 amide bonds. The molecular formula is C16H19NO. The number of benzene rings is 1. The van der Waals surface area contributed by atoms with Gasteiger partial charge in [0.25, 0.3) is 0 Å². The molecule has 2 heteroatoms. The maximum atomic E-state index is 11.2. The first kappa shape index (κ1) is 12.6. The number of carbonyl (C=O) groups excluding carboxylic acids is 1. The standard InChI is InChI=1S/C16H19NO/c1-2-16(18)17-12-13-8-10-15(11-9-13)14-6-4-3-5-7-14/h3-8,10H,2,9,11-12H2,1H3,(H,17,18). The van der Waals surface area contributed by atoms with E-state index in [9.17, 15) is 4.79 Å². The molecule has 2 rings (SSSR count). The number of nitrogens with one attached hydrogen (secondary N) is 1. The molecule has 0 spiro atoms. The highest BCUT2D eigenvalue weighted by atomic mass is 16.1. The Morgan fingerprint density at radius 3 is 2.56 bits per heavy atom. The lowest BCUT2D eigenvalue weighted by Crippen LogP contribution is -2.24. The van der Waals surface area contributed by atoms with Gasteiger partial charge in [-0.15, -0.1) is 0 Å². The average Bonchev–Trinajstić information content (AvgIpc) is 2.46. The molecule has 0 atom stereocenters. The summed E-state index contributed by atoms with van der Waals surface area (Å²) < 4.78 is 0. The van der Waals surface area contributed by atoms with E-state index in [1.165, 1.54) is 16.7 Å². The summed E-state index contributed by atoms with van der Waals surface area (Å²) in [5.74, 6) is 0.119. The van der Waals surface area contributed by atoms with Crippen molar-refractivity contribution in [1.82, 2.24) is 5.32 Å². The highest BCUT2D eigenvalue weighted by Gasteiger charge is 2.08. The van der Waals surface area contributed by atoms with Crippen LogP contribution in [-0.2, 0) is 4.79 Å². The van der Waals surface area contributed by atoms with Gasteiger partial charge in [-0.2, -0.15) is 0 Å². The third-order valence-electron chi connectivity index (χ3n) is 3.21. The second-order valence-corrected chi connectivity index (χ2v) is 4.51. The highest BCUT2D eigenvalue weighted by molar-refractivity contribution is 5.76. The minimum absolute atomic E-state index is 0.119. The van der Waals surface area contributed by atoms with Gasteiger partial charge in [-0.3, -0.25) is 4.79 Å². The predicted molar refractivity (Wildman–Crippen MR) is 75.0 cm³/mol. The number of amides is 1. The van der Waals surface area contributed by atoms with Gasteiger partial charge in [0.15, 0.2) is 0 Å². The molecule has 0 heterocycles. The van der Waals surface area contributed by atoms with E-state index in [4.69, 9.17) is 0 Å². The van der Waals surface area contributed by atoms with Crippen molar-refractivity contribution in [2.45, 2.75) is 26.2 Å². The molecule has 18 heavy (non-hydrogen) atoms. The van der Waals surface area contributed by atoms with Crippen LogP contribution in [-0.4, -0.2) is 12.5 Å². The Hall–Kier alpha value is -1.83. The molecule has 0 bridgehead atoms. The van der Waals surface area contributed by atoms with Gasteiger partial charge in [0.05, 0.1) is 0 Å². The predicted octanol–water partition coefficient (Wildman–Crippen LogP) is 3.32. The SMILES string of the molecule is CCC(=O)NCC1=CC=C(c2ccccc2)CC1. The zero-order chi connectivity index (χ0) is 12.8. The fourth-order valence-corrected chi connectivity index (χ4v) is 2.06. The Bertz CT molecular complexity index is 471. The van der Waals surface area contributed by atoms with Gasteiger partial charge in [0.1, 0.15) is 0 Å². The maximum Gasteiger partial charge on any atom is 0.219 e. The summed E-state index contributed by atoms with van der Waals surface area (Å²) in [5.41, 5.74) is 3.98. The Balaban J connectivity index is 1.97. The lowest BCUT2D eigenvalue weighted by atomic mass is 9.93. The van der Waals surface area contributed by atoms with Gasteiger partial charge < -0.3 is 5.32 Å². The van der Waals surface area contributed by atoms with Gasteiger partial charge in [-0.05, 0) is 24.0 Å². The van der Waals surface area contributed by atoms with Gasteiger partial charge in [-0.1, -0.05) is 55.0 Å². The minimum Gasteiger partial charge on any atom is -0.352 e. The van der Waals surface area contributed by atoms with E-state index < -0.39 is 0 Å². The van der Waals surface area contributed by atoms with Crippen LogP contribution >= 0.6 is 0 Å². The van der Waals surface area contributed by atoms with Crippen LogP contribution in [0.2, 0.25) is 0 Å². The van der Waals surface area contributed by atoms with Crippen LogP contribution in [0.4, 0.5) is 0 Å². The Morgan fingerprint density at radius 2 is 1.94 bits per heavy atom. The lowest BCUT2D eigenvalue weighted by Gasteiger charge is -2.15.